The Kier molecular flexibility index (Phi) is 11.9. The van der Waals surface area contributed by atoms with E-state index in [4.69, 9.17) is 5.73 Å². The summed E-state index contributed by atoms with van der Waals surface area (Å²) < 4.78 is 0. The van der Waals surface area contributed by atoms with Crippen molar-refractivity contribution in [3.63, 3.8) is 0 Å². The van der Waals surface area contributed by atoms with Crippen molar-refractivity contribution in [1.29, 1.82) is 0 Å². The smallest absolute Gasteiger partial charge is 0.173 e. The molecular formula is C22H35NO2. The van der Waals surface area contributed by atoms with Gasteiger partial charge in [-0.15, -0.1) is 0 Å². The highest BCUT2D eigenvalue weighted by atomic mass is 16.1. The lowest BCUT2D eigenvalue weighted by molar-refractivity contribution is -0.121. The average molecular weight is 346 g/mol. The number of hydrogen-bond acceptors (Lipinski definition) is 3. The number of unbranched alkanes of at least 4 members (excludes halogenated alkanes) is 7. The lowest BCUT2D eigenvalue weighted by Crippen LogP contribution is -2.24. The van der Waals surface area contributed by atoms with Crippen LogP contribution < -0.4 is 5.73 Å². The molecule has 0 saturated carbocycles. The maximum atomic E-state index is 12.7. The first-order valence-corrected chi connectivity index (χ1v) is 10.0. The van der Waals surface area contributed by atoms with Gasteiger partial charge in [-0.1, -0.05) is 82.2 Å². The topological polar surface area (TPSA) is 60.2 Å². The monoisotopic (exact) mass is 345 g/mol. The van der Waals surface area contributed by atoms with Gasteiger partial charge in [0.05, 0.1) is 5.92 Å². The first kappa shape index (κ1) is 21.6. The Morgan fingerprint density at radius 2 is 1.52 bits per heavy atom. The van der Waals surface area contributed by atoms with E-state index < -0.39 is 5.92 Å². The first-order valence-electron chi connectivity index (χ1n) is 10.0. The quantitative estimate of drug-likeness (QED) is 0.266. The average Bonchev–Trinajstić information content (AvgIpc) is 2.64. The van der Waals surface area contributed by atoms with Gasteiger partial charge in [-0.05, 0) is 25.8 Å². The summed E-state index contributed by atoms with van der Waals surface area (Å²) in [5.74, 6) is -0.404. The lowest BCUT2D eigenvalue weighted by Gasteiger charge is -2.15. The van der Waals surface area contributed by atoms with E-state index in [1.807, 2.05) is 18.2 Å². The highest BCUT2D eigenvalue weighted by Crippen LogP contribution is 2.20. The Balaban J connectivity index is 2.48. The molecule has 3 nitrogen and oxygen atoms in total. The Hall–Kier alpha value is -1.48. The van der Waals surface area contributed by atoms with Crippen molar-refractivity contribution in [2.24, 2.45) is 11.7 Å². The molecule has 3 heteroatoms. The van der Waals surface area contributed by atoms with Crippen LogP contribution in [0.3, 0.4) is 0 Å². The van der Waals surface area contributed by atoms with E-state index in [-0.39, 0.29) is 11.6 Å². The molecule has 0 amide bonds. The molecule has 1 unspecified atom stereocenters. The summed E-state index contributed by atoms with van der Waals surface area (Å²) in [4.78, 5) is 25.4. The van der Waals surface area contributed by atoms with Gasteiger partial charge in [0.15, 0.2) is 5.78 Å². The molecule has 0 bridgehead atoms. The number of nitrogens with two attached hydrogens (primary N) is 1. The summed E-state index contributed by atoms with van der Waals surface area (Å²) in [6.45, 7) is 2.82. The fourth-order valence-electron chi connectivity index (χ4n) is 3.17. The van der Waals surface area contributed by atoms with Crippen LogP contribution in [0.1, 0.15) is 87.9 Å². The van der Waals surface area contributed by atoms with Gasteiger partial charge in [0.2, 0.25) is 0 Å². The van der Waals surface area contributed by atoms with Crippen LogP contribution >= 0.6 is 0 Å². The second-order valence-electron chi connectivity index (χ2n) is 6.90. The van der Waals surface area contributed by atoms with Crippen LogP contribution in [0.5, 0.6) is 0 Å². The fourth-order valence-corrected chi connectivity index (χ4v) is 3.17. The van der Waals surface area contributed by atoms with E-state index >= 15 is 0 Å². The largest absolute Gasteiger partial charge is 0.330 e. The summed E-state index contributed by atoms with van der Waals surface area (Å²) in [6, 6.07) is 9.20. The number of benzene rings is 1. The van der Waals surface area contributed by atoms with Crippen molar-refractivity contribution < 1.29 is 9.59 Å². The van der Waals surface area contributed by atoms with Gasteiger partial charge in [-0.25, -0.2) is 0 Å². The number of ketones is 2. The van der Waals surface area contributed by atoms with E-state index in [1.54, 1.807) is 12.1 Å². The summed E-state index contributed by atoms with van der Waals surface area (Å²) >= 11 is 0. The molecule has 0 heterocycles. The maximum Gasteiger partial charge on any atom is 0.173 e. The standard InChI is InChI=1S/C22H35NO2/c1-2-3-4-5-6-7-11-17-21(24)20(16-12-13-18-23)22(25)19-14-9-8-10-15-19/h8-10,14-15,20H,2-7,11-13,16-18,23H2,1H3. The van der Waals surface area contributed by atoms with E-state index in [2.05, 4.69) is 6.92 Å². The molecule has 0 spiro atoms. The van der Waals surface area contributed by atoms with E-state index in [0.29, 0.717) is 24.9 Å². The van der Waals surface area contributed by atoms with Crippen molar-refractivity contribution >= 4 is 11.6 Å². The number of carbonyl (C=O) groups excluding carboxylic acids is 2. The normalized spacial score (nSPS) is 12.1. The predicted octanol–water partition coefficient (Wildman–Crippen LogP) is 5.32. The molecule has 0 aliphatic carbocycles. The zero-order chi connectivity index (χ0) is 18.3. The number of hydrogen-bond donors (Lipinski definition) is 1. The van der Waals surface area contributed by atoms with Gasteiger partial charge in [-0.3, -0.25) is 9.59 Å². The van der Waals surface area contributed by atoms with Crippen LogP contribution in [0.2, 0.25) is 0 Å². The molecule has 0 aliphatic heterocycles. The molecule has 0 aliphatic rings. The summed E-state index contributed by atoms with van der Waals surface area (Å²) in [5.41, 5.74) is 6.20. The van der Waals surface area contributed by atoms with E-state index in [1.165, 1.54) is 32.1 Å². The molecule has 1 aromatic rings. The Bertz CT molecular complexity index is 484. The van der Waals surface area contributed by atoms with Gasteiger partial charge in [0.1, 0.15) is 5.78 Å². The third kappa shape index (κ3) is 8.97. The third-order valence-electron chi connectivity index (χ3n) is 4.74. The second kappa shape index (κ2) is 13.8. The lowest BCUT2D eigenvalue weighted by atomic mass is 9.87. The minimum absolute atomic E-state index is 0.0226. The predicted molar refractivity (Wildman–Crippen MR) is 105 cm³/mol. The van der Waals surface area contributed by atoms with Crippen LogP contribution in [0.25, 0.3) is 0 Å². The number of carbonyl (C=O) groups is 2. The van der Waals surface area contributed by atoms with Gasteiger partial charge in [-0.2, -0.15) is 0 Å². The molecule has 2 N–H and O–H groups in total. The Morgan fingerprint density at radius 1 is 0.880 bits per heavy atom. The van der Waals surface area contributed by atoms with Crippen LogP contribution in [-0.4, -0.2) is 18.1 Å². The molecule has 140 valence electrons. The molecule has 0 aromatic heterocycles. The molecule has 1 rings (SSSR count). The SMILES string of the molecule is CCCCCCCCCC(=O)C(CCCCN)C(=O)c1ccccc1. The molecule has 1 aromatic carbocycles. The highest BCUT2D eigenvalue weighted by Gasteiger charge is 2.26. The maximum absolute atomic E-state index is 12.7. The fraction of sp³-hybridized carbons (Fsp3) is 0.636. The zero-order valence-corrected chi connectivity index (χ0v) is 15.8. The Labute approximate surface area is 153 Å². The minimum atomic E-state index is -0.492. The molecule has 1 atom stereocenters. The van der Waals surface area contributed by atoms with Crippen LogP contribution in [-0.2, 0) is 4.79 Å². The van der Waals surface area contributed by atoms with Crippen LogP contribution in [0, 0.1) is 5.92 Å². The summed E-state index contributed by atoms with van der Waals surface area (Å²) in [5, 5.41) is 0. The van der Waals surface area contributed by atoms with Gasteiger partial charge < -0.3 is 5.73 Å². The van der Waals surface area contributed by atoms with Crippen LogP contribution in [0.4, 0.5) is 0 Å². The van der Waals surface area contributed by atoms with Crippen molar-refractivity contribution in [1.82, 2.24) is 0 Å². The Morgan fingerprint density at radius 3 is 2.16 bits per heavy atom. The molecule has 25 heavy (non-hydrogen) atoms. The van der Waals surface area contributed by atoms with Gasteiger partial charge in [0, 0.05) is 12.0 Å². The molecule has 0 radical (unpaired) electrons. The van der Waals surface area contributed by atoms with Crippen molar-refractivity contribution in [3.05, 3.63) is 35.9 Å². The van der Waals surface area contributed by atoms with Crippen LogP contribution in [0.15, 0.2) is 30.3 Å². The van der Waals surface area contributed by atoms with E-state index in [0.717, 1.165) is 25.7 Å². The number of rotatable bonds is 15. The second-order valence-corrected chi connectivity index (χ2v) is 6.90. The van der Waals surface area contributed by atoms with Gasteiger partial charge >= 0.3 is 0 Å². The number of Topliss-reactive ketones (excluding diaryl/α,β-unsaturated/α-hetero) is 2. The molecular weight excluding hydrogens is 310 g/mol. The molecule has 0 fully saturated rings. The van der Waals surface area contributed by atoms with Crippen molar-refractivity contribution in [2.75, 3.05) is 6.54 Å². The van der Waals surface area contributed by atoms with Gasteiger partial charge in [0.25, 0.3) is 0 Å². The first-order chi connectivity index (χ1) is 12.2. The highest BCUT2D eigenvalue weighted by molar-refractivity contribution is 6.10. The third-order valence-corrected chi connectivity index (χ3v) is 4.74. The van der Waals surface area contributed by atoms with E-state index in [9.17, 15) is 9.59 Å². The minimum Gasteiger partial charge on any atom is -0.330 e. The molecule has 0 saturated heterocycles. The zero-order valence-electron chi connectivity index (χ0n) is 15.8. The summed E-state index contributed by atoms with van der Waals surface area (Å²) in [7, 11) is 0. The van der Waals surface area contributed by atoms with Crippen molar-refractivity contribution in [2.45, 2.75) is 77.6 Å². The van der Waals surface area contributed by atoms with Crippen molar-refractivity contribution in [3.8, 4) is 0 Å². The summed E-state index contributed by atoms with van der Waals surface area (Å²) in [6.07, 6.45) is 11.1.